The lowest BCUT2D eigenvalue weighted by Gasteiger charge is -2.29. The number of amides is 1. The molecule has 1 unspecified atom stereocenters. The van der Waals surface area contributed by atoms with Gasteiger partial charge in [-0.15, -0.1) is 0 Å². The van der Waals surface area contributed by atoms with Gasteiger partial charge in [-0.25, -0.2) is 0 Å². The first-order chi connectivity index (χ1) is 9.21. The van der Waals surface area contributed by atoms with E-state index < -0.39 is 0 Å². The molecule has 0 saturated carbocycles. The van der Waals surface area contributed by atoms with Crippen LogP contribution >= 0.6 is 0 Å². The molecule has 1 heterocycles. The highest BCUT2D eigenvalue weighted by Gasteiger charge is 2.18. The fourth-order valence-corrected chi connectivity index (χ4v) is 2.07. The SMILES string of the molecule is CCNC(=O)CC(CN)N(CC)Cc1ccncc1. The summed E-state index contributed by atoms with van der Waals surface area (Å²) in [5.41, 5.74) is 7.00. The first-order valence-electron chi connectivity index (χ1n) is 6.80. The predicted octanol–water partition coefficient (Wildman–Crippen LogP) is 0.757. The maximum absolute atomic E-state index is 11.7. The molecular formula is C14H24N4O. The van der Waals surface area contributed by atoms with Crippen molar-refractivity contribution in [3.05, 3.63) is 30.1 Å². The van der Waals surface area contributed by atoms with Gasteiger partial charge >= 0.3 is 0 Å². The van der Waals surface area contributed by atoms with Gasteiger partial charge in [0.25, 0.3) is 0 Å². The molecule has 1 aromatic rings. The molecule has 0 aromatic carbocycles. The van der Waals surface area contributed by atoms with E-state index in [4.69, 9.17) is 5.73 Å². The van der Waals surface area contributed by atoms with Crippen molar-refractivity contribution >= 4 is 5.91 Å². The third kappa shape index (κ3) is 5.36. The number of carbonyl (C=O) groups excluding carboxylic acids is 1. The van der Waals surface area contributed by atoms with E-state index in [1.165, 1.54) is 5.56 Å². The highest BCUT2D eigenvalue weighted by Crippen LogP contribution is 2.09. The summed E-state index contributed by atoms with van der Waals surface area (Å²) in [6, 6.07) is 4.05. The first kappa shape index (κ1) is 15.6. The Morgan fingerprint density at radius 2 is 2.11 bits per heavy atom. The Labute approximate surface area is 115 Å². The lowest BCUT2D eigenvalue weighted by Crippen LogP contribution is -2.43. The molecule has 0 saturated heterocycles. The molecule has 0 aliphatic heterocycles. The fraction of sp³-hybridized carbons (Fsp3) is 0.571. The molecule has 0 radical (unpaired) electrons. The first-order valence-corrected chi connectivity index (χ1v) is 6.80. The van der Waals surface area contributed by atoms with Crippen molar-refractivity contribution in [3.8, 4) is 0 Å². The van der Waals surface area contributed by atoms with Crippen molar-refractivity contribution in [3.63, 3.8) is 0 Å². The highest BCUT2D eigenvalue weighted by atomic mass is 16.1. The van der Waals surface area contributed by atoms with E-state index in [1.807, 2.05) is 19.1 Å². The van der Waals surface area contributed by atoms with Crippen LogP contribution in [-0.4, -0.2) is 41.5 Å². The van der Waals surface area contributed by atoms with Crippen LogP contribution in [0.25, 0.3) is 0 Å². The Morgan fingerprint density at radius 1 is 1.42 bits per heavy atom. The van der Waals surface area contributed by atoms with Gasteiger partial charge in [0.1, 0.15) is 0 Å². The molecule has 0 bridgehead atoms. The average Bonchev–Trinajstić information content (AvgIpc) is 2.44. The van der Waals surface area contributed by atoms with Gasteiger partial charge in [0.15, 0.2) is 0 Å². The van der Waals surface area contributed by atoms with Crippen LogP contribution in [0.4, 0.5) is 0 Å². The number of aromatic nitrogens is 1. The third-order valence-corrected chi connectivity index (χ3v) is 3.12. The highest BCUT2D eigenvalue weighted by molar-refractivity contribution is 5.76. The smallest absolute Gasteiger partial charge is 0.221 e. The van der Waals surface area contributed by atoms with Crippen LogP contribution in [0.5, 0.6) is 0 Å². The summed E-state index contributed by atoms with van der Waals surface area (Å²) in [5.74, 6) is 0.0612. The van der Waals surface area contributed by atoms with Crippen LogP contribution in [0.1, 0.15) is 25.8 Å². The van der Waals surface area contributed by atoms with Crippen molar-refractivity contribution in [2.45, 2.75) is 32.9 Å². The fourth-order valence-electron chi connectivity index (χ4n) is 2.07. The zero-order chi connectivity index (χ0) is 14.1. The van der Waals surface area contributed by atoms with Crippen molar-refractivity contribution in [2.75, 3.05) is 19.6 Å². The van der Waals surface area contributed by atoms with E-state index in [1.54, 1.807) is 12.4 Å². The maximum Gasteiger partial charge on any atom is 0.221 e. The van der Waals surface area contributed by atoms with Crippen molar-refractivity contribution in [1.82, 2.24) is 15.2 Å². The largest absolute Gasteiger partial charge is 0.356 e. The number of likely N-dealkylation sites (N-methyl/N-ethyl adjacent to an activating group) is 1. The lowest BCUT2D eigenvalue weighted by atomic mass is 10.1. The van der Waals surface area contributed by atoms with Crippen LogP contribution < -0.4 is 11.1 Å². The Balaban J connectivity index is 2.62. The summed E-state index contributed by atoms with van der Waals surface area (Å²) in [6.45, 7) is 6.80. The molecule has 106 valence electrons. The van der Waals surface area contributed by atoms with E-state index in [-0.39, 0.29) is 11.9 Å². The number of pyridine rings is 1. The topological polar surface area (TPSA) is 71.2 Å². The number of nitrogens with zero attached hydrogens (tertiary/aromatic N) is 2. The van der Waals surface area contributed by atoms with Crippen LogP contribution in [0.3, 0.4) is 0 Å². The van der Waals surface area contributed by atoms with Crippen LogP contribution in [0.15, 0.2) is 24.5 Å². The second-order valence-corrected chi connectivity index (χ2v) is 4.47. The number of nitrogens with one attached hydrogen (secondary N) is 1. The van der Waals surface area contributed by atoms with Crippen LogP contribution in [0, 0.1) is 0 Å². The standard InChI is InChI=1S/C14H24N4O/c1-3-17-14(19)9-13(10-15)18(4-2)11-12-5-7-16-8-6-12/h5-8,13H,3-4,9-11,15H2,1-2H3,(H,17,19). The Morgan fingerprint density at radius 3 is 2.63 bits per heavy atom. The van der Waals surface area contributed by atoms with Gasteiger partial charge in [0.05, 0.1) is 0 Å². The van der Waals surface area contributed by atoms with Crippen molar-refractivity contribution < 1.29 is 4.79 Å². The summed E-state index contributed by atoms with van der Waals surface area (Å²) in [7, 11) is 0. The van der Waals surface area contributed by atoms with Gasteiger partial charge in [-0.3, -0.25) is 14.7 Å². The molecule has 1 rings (SSSR count). The van der Waals surface area contributed by atoms with Gasteiger partial charge in [0, 0.05) is 44.5 Å². The van der Waals surface area contributed by atoms with E-state index in [0.717, 1.165) is 13.1 Å². The number of hydrogen-bond donors (Lipinski definition) is 2. The quantitative estimate of drug-likeness (QED) is 0.727. The van der Waals surface area contributed by atoms with Crippen molar-refractivity contribution in [2.24, 2.45) is 5.73 Å². The summed E-state index contributed by atoms with van der Waals surface area (Å²) in [5, 5.41) is 2.82. The molecule has 0 aliphatic carbocycles. The van der Waals surface area contributed by atoms with Crippen molar-refractivity contribution in [1.29, 1.82) is 0 Å². The van der Waals surface area contributed by atoms with Gasteiger partial charge in [-0.2, -0.15) is 0 Å². The molecule has 0 spiro atoms. The number of nitrogens with two attached hydrogens (primary N) is 1. The second kappa shape index (κ2) is 8.61. The minimum absolute atomic E-state index is 0.0612. The van der Waals surface area contributed by atoms with Gasteiger partial charge < -0.3 is 11.1 Å². The minimum Gasteiger partial charge on any atom is -0.356 e. The lowest BCUT2D eigenvalue weighted by molar-refractivity contribution is -0.122. The predicted molar refractivity (Wildman–Crippen MR) is 76.5 cm³/mol. The Kier molecular flexibility index (Phi) is 7.07. The zero-order valence-corrected chi connectivity index (χ0v) is 11.8. The number of rotatable bonds is 8. The normalized spacial score (nSPS) is 12.4. The number of carbonyl (C=O) groups is 1. The Hall–Kier alpha value is -1.46. The van der Waals surface area contributed by atoms with Gasteiger partial charge in [-0.05, 0) is 31.2 Å². The molecule has 5 heteroatoms. The zero-order valence-electron chi connectivity index (χ0n) is 11.8. The van der Waals surface area contributed by atoms with Crippen LogP contribution in [-0.2, 0) is 11.3 Å². The van der Waals surface area contributed by atoms with Crippen LogP contribution in [0.2, 0.25) is 0 Å². The Bertz CT molecular complexity index is 369. The van der Waals surface area contributed by atoms with E-state index in [9.17, 15) is 4.79 Å². The maximum atomic E-state index is 11.7. The molecule has 1 amide bonds. The summed E-state index contributed by atoms with van der Waals surface area (Å²) >= 11 is 0. The molecule has 0 aliphatic rings. The molecule has 5 nitrogen and oxygen atoms in total. The second-order valence-electron chi connectivity index (χ2n) is 4.47. The number of hydrogen-bond acceptors (Lipinski definition) is 4. The molecule has 3 N–H and O–H groups in total. The van der Waals surface area contributed by atoms with Gasteiger partial charge in [-0.1, -0.05) is 6.92 Å². The molecule has 1 aromatic heterocycles. The minimum atomic E-state index is 0.0612. The summed E-state index contributed by atoms with van der Waals surface area (Å²) in [4.78, 5) is 17.9. The molecule has 19 heavy (non-hydrogen) atoms. The van der Waals surface area contributed by atoms with E-state index in [0.29, 0.717) is 19.5 Å². The summed E-state index contributed by atoms with van der Waals surface area (Å²) < 4.78 is 0. The molecule has 0 fully saturated rings. The summed E-state index contributed by atoms with van der Waals surface area (Å²) in [6.07, 6.45) is 4.01. The average molecular weight is 264 g/mol. The third-order valence-electron chi connectivity index (χ3n) is 3.12. The molecular weight excluding hydrogens is 240 g/mol. The monoisotopic (exact) mass is 264 g/mol. The molecule has 1 atom stereocenters. The van der Waals surface area contributed by atoms with E-state index in [2.05, 4.69) is 22.1 Å². The van der Waals surface area contributed by atoms with E-state index >= 15 is 0 Å². The van der Waals surface area contributed by atoms with Gasteiger partial charge in [0.2, 0.25) is 5.91 Å².